The molecular weight excluding hydrogens is 330 g/mol. The predicted molar refractivity (Wildman–Crippen MR) is 104 cm³/mol. The number of benzene rings is 1. The van der Waals surface area contributed by atoms with E-state index in [1.807, 2.05) is 53.7 Å². The van der Waals surface area contributed by atoms with Crippen molar-refractivity contribution >= 4 is 23.4 Å². The normalized spacial score (nSPS) is 11.0. The molecular formula is C20H31N3O3. The molecule has 0 unspecified atom stereocenters. The van der Waals surface area contributed by atoms with Gasteiger partial charge in [0.25, 0.3) is 0 Å². The van der Waals surface area contributed by atoms with Gasteiger partial charge in [-0.25, -0.2) is 0 Å². The van der Waals surface area contributed by atoms with Gasteiger partial charge in [0, 0.05) is 24.1 Å². The Labute approximate surface area is 156 Å². The Morgan fingerprint density at radius 3 is 2.04 bits per heavy atom. The van der Waals surface area contributed by atoms with Gasteiger partial charge in [0.15, 0.2) is 0 Å². The number of nitrogens with one attached hydrogen (secondary N) is 3. The Kier molecular flexibility index (Phi) is 7.80. The zero-order chi connectivity index (χ0) is 19.9. The third kappa shape index (κ3) is 7.25. The first-order chi connectivity index (χ1) is 12.0. The minimum absolute atomic E-state index is 0.0406. The molecule has 0 aliphatic rings. The van der Waals surface area contributed by atoms with Crippen molar-refractivity contribution in [3.8, 4) is 0 Å². The van der Waals surface area contributed by atoms with E-state index < -0.39 is 5.41 Å². The Bertz CT molecular complexity index is 652. The van der Waals surface area contributed by atoms with Crippen molar-refractivity contribution < 1.29 is 14.4 Å². The van der Waals surface area contributed by atoms with E-state index in [-0.39, 0.29) is 30.7 Å². The summed E-state index contributed by atoms with van der Waals surface area (Å²) in [4.78, 5) is 35.6. The van der Waals surface area contributed by atoms with E-state index in [1.54, 1.807) is 0 Å². The molecule has 0 aliphatic carbocycles. The molecule has 0 heterocycles. The fourth-order valence-corrected chi connectivity index (χ4v) is 2.54. The molecule has 3 amide bonds. The van der Waals surface area contributed by atoms with Gasteiger partial charge in [-0.1, -0.05) is 38.5 Å². The first-order valence-corrected chi connectivity index (χ1v) is 8.93. The van der Waals surface area contributed by atoms with Gasteiger partial charge in [0.05, 0.1) is 6.54 Å². The van der Waals surface area contributed by atoms with Crippen LogP contribution in [0.15, 0.2) is 12.1 Å². The summed E-state index contributed by atoms with van der Waals surface area (Å²) in [5, 5.41) is 8.25. The number of rotatable bonds is 7. The van der Waals surface area contributed by atoms with Crippen molar-refractivity contribution in [2.24, 2.45) is 5.41 Å². The Hall–Kier alpha value is -2.37. The molecule has 144 valence electrons. The van der Waals surface area contributed by atoms with Crippen LogP contribution in [0, 0.1) is 26.2 Å². The van der Waals surface area contributed by atoms with E-state index in [0.717, 1.165) is 22.4 Å². The second-order valence-corrected chi connectivity index (χ2v) is 7.71. The zero-order valence-electron chi connectivity index (χ0n) is 16.7. The SMILES string of the molecule is Cc1cc(C)c(NC(=O)CNC(=O)CCCNC(=O)C(C)(C)C)c(C)c1. The smallest absolute Gasteiger partial charge is 0.243 e. The van der Waals surface area contributed by atoms with Crippen molar-refractivity contribution in [3.05, 3.63) is 28.8 Å². The van der Waals surface area contributed by atoms with Gasteiger partial charge >= 0.3 is 0 Å². The Balaban J connectivity index is 2.33. The summed E-state index contributed by atoms with van der Waals surface area (Å²) >= 11 is 0. The minimum Gasteiger partial charge on any atom is -0.356 e. The number of hydrogen-bond donors (Lipinski definition) is 3. The number of anilines is 1. The van der Waals surface area contributed by atoms with Crippen LogP contribution >= 0.6 is 0 Å². The van der Waals surface area contributed by atoms with Crippen LogP contribution < -0.4 is 16.0 Å². The molecule has 0 radical (unpaired) electrons. The van der Waals surface area contributed by atoms with Gasteiger partial charge in [-0.3, -0.25) is 14.4 Å². The van der Waals surface area contributed by atoms with E-state index in [2.05, 4.69) is 16.0 Å². The van der Waals surface area contributed by atoms with Crippen LogP contribution in [-0.2, 0) is 14.4 Å². The highest BCUT2D eigenvalue weighted by Gasteiger charge is 2.20. The maximum absolute atomic E-state index is 12.1. The fraction of sp³-hybridized carbons (Fsp3) is 0.550. The van der Waals surface area contributed by atoms with E-state index in [9.17, 15) is 14.4 Å². The molecule has 1 aromatic rings. The monoisotopic (exact) mass is 361 g/mol. The summed E-state index contributed by atoms with van der Waals surface area (Å²) in [6.07, 6.45) is 0.797. The lowest BCUT2D eigenvalue weighted by atomic mass is 9.96. The zero-order valence-corrected chi connectivity index (χ0v) is 16.7. The average Bonchev–Trinajstić information content (AvgIpc) is 2.51. The van der Waals surface area contributed by atoms with Crippen molar-refractivity contribution in [2.45, 2.75) is 54.4 Å². The van der Waals surface area contributed by atoms with Crippen molar-refractivity contribution in [1.29, 1.82) is 0 Å². The standard InChI is InChI=1S/C20H31N3O3/c1-13-10-14(2)18(15(3)11-13)23-17(25)12-22-16(24)8-7-9-21-19(26)20(4,5)6/h10-11H,7-9,12H2,1-6H3,(H,21,26)(H,22,24)(H,23,25). The predicted octanol–water partition coefficient (Wildman–Crippen LogP) is 2.61. The molecule has 6 heteroatoms. The average molecular weight is 361 g/mol. The van der Waals surface area contributed by atoms with Crippen LogP contribution in [0.1, 0.15) is 50.3 Å². The molecule has 1 rings (SSSR count). The molecule has 0 aliphatic heterocycles. The van der Waals surface area contributed by atoms with Gasteiger partial charge < -0.3 is 16.0 Å². The van der Waals surface area contributed by atoms with Crippen LogP contribution in [0.3, 0.4) is 0 Å². The molecule has 26 heavy (non-hydrogen) atoms. The lowest BCUT2D eigenvalue weighted by Gasteiger charge is -2.17. The van der Waals surface area contributed by atoms with Crippen LogP contribution in [0.2, 0.25) is 0 Å². The Morgan fingerprint density at radius 1 is 0.923 bits per heavy atom. The molecule has 6 nitrogen and oxygen atoms in total. The van der Waals surface area contributed by atoms with E-state index in [0.29, 0.717) is 13.0 Å². The highest BCUT2D eigenvalue weighted by Crippen LogP contribution is 2.21. The summed E-state index contributed by atoms with van der Waals surface area (Å²) < 4.78 is 0. The molecule has 0 aromatic heterocycles. The maximum atomic E-state index is 12.1. The molecule has 0 fully saturated rings. The van der Waals surface area contributed by atoms with Gasteiger partial charge in [-0.05, 0) is 38.3 Å². The fourth-order valence-electron chi connectivity index (χ4n) is 2.54. The summed E-state index contributed by atoms with van der Waals surface area (Å²) in [5.41, 5.74) is 3.49. The maximum Gasteiger partial charge on any atom is 0.243 e. The van der Waals surface area contributed by atoms with Crippen molar-refractivity contribution in [3.63, 3.8) is 0 Å². The summed E-state index contributed by atoms with van der Waals surface area (Å²) in [6.45, 7) is 11.8. The van der Waals surface area contributed by atoms with E-state index >= 15 is 0 Å². The van der Waals surface area contributed by atoms with Crippen LogP contribution in [-0.4, -0.2) is 30.8 Å². The number of carbonyl (C=O) groups is 3. The summed E-state index contributed by atoms with van der Waals surface area (Å²) in [5.74, 6) is -0.502. The van der Waals surface area contributed by atoms with Crippen LogP contribution in [0.4, 0.5) is 5.69 Å². The number of aryl methyl sites for hydroxylation is 3. The summed E-state index contributed by atoms with van der Waals surface area (Å²) in [7, 11) is 0. The molecule has 0 saturated carbocycles. The second kappa shape index (κ2) is 9.36. The van der Waals surface area contributed by atoms with Gasteiger partial charge in [0.2, 0.25) is 17.7 Å². The molecule has 1 aromatic carbocycles. The van der Waals surface area contributed by atoms with Gasteiger partial charge in [-0.2, -0.15) is 0 Å². The number of hydrogen-bond acceptors (Lipinski definition) is 3. The minimum atomic E-state index is -0.438. The quantitative estimate of drug-likeness (QED) is 0.652. The number of amides is 3. The lowest BCUT2D eigenvalue weighted by Crippen LogP contribution is -2.36. The van der Waals surface area contributed by atoms with Gasteiger partial charge in [-0.15, -0.1) is 0 Å². The second-order valence-electron chi connectivity index (χ2n) is 7.71. The molecule has 0 saturated heterocycles. The molecule has 0 bridgehead atoms. The largest absolute Gasteiger partial charge is 0.356 e. The molecule has 3 N–H and O–H groups in total. The van der Waals surface area contributed by atoms with Crippen molar-refractivity contribution in [1.82, 2.24) is 10.6 Å². The third-order valence-electron chi connectivity index (χ3n) is 3.93. The molecule has 0 spiro atoms. The lowest BCUT2D eigenvalue weighted by molar-refractivity contribution is -0.128. The van der Waals surface area contributed by atoms with Crippen LogP contribution in [0.25, 0.3) is 0 Å². The summed E-state index contributed by atoms with van der Waals surface area (Å²) in [6, 6.07) is 4.01. The highest BCUT2D eigenvalue weighted by atomic mass is 16.2. The van der Waals surface area contributed by atoms with E-state index in [1.165, 1.54) is 0 Å². The van der Waals surface area contributed by atoms with Gasteiger partial charge in [0.1, 0.15) is 0 Å². The first-order valence-electron chi connectivity index (χ1n) is 8.93. The first kappa shape index (κ1) is 21.7. The molecule has 0 atom stereocenters. The topological polar surface area (TPSA) is 87.3 Å². The van der Waals surface area contributed by atoms with Crippen LogP contribution in [0.5, 0.6) is 0 Å². The highest BCUT2D eigenvalue weighted by molar-refractivity contribution is 5.95. The Morgan fingerprint density at radius 2 is 1.50 bits per heavy atom. The van der Waals surface area contributed by atoms with E-state index in [4.69, 9.17) is 0 Å². The number of carbonyl (C=O) groups excluding carboxylic acids is 3. The van der Waals surface area contributed by atoms with Crippen molar-refractivity contribution in [2.75, 3.05) is 18.4 Å². The third-order valence-corrected chi connectivity index (χ3v) is 3.93.